The van der Waals surface area contributed by atoms with Crippen molar-refractivity contribution in [2.75, 3.05) is 0 Å². The van der Waals surface area contributed by atoms with E-state index in [-0.39, 0.29) is 12.1 Å². The Morgan fingerprint density at radius 2 is 2.08 bits per heavy atom. The highest BCUT2D eigenvalue weighted by Gasteiger charge is 2.41. The monoisotopic (exact) mass is 366 g/mol. The van der Waals surface area contributed by atoms with Crippen molar-refractivity contribution in [1.29, 1.82) is 0 Å². The van der Waals surface area contributed by atoms with Crippen molar-refractivity contribution in [3.63, 3.8) is 0 Å². The van der Waals surface area contributed by atoms with Crippen LogP contribution in [0.15, 0.2) is 65.5 Å². The molecule has 0 aromatic carbocycles. The van der Waals surface area contributed by atoms with Crippen LogP contribution in [0.4, 0.5) is 0 Å². The minimum Gasteiger partial charge on any atom is -0.467 e. The minimum absolute atomic E-state index is 0.00828. The molecule has 2 atom stereocenters. The number of pyridine rings is 1. The zero-order valence-electron chi connectivity index (χ0n) is 14.9. The average molecular weight is 366 g/mol. The lowest BCUT2D eigenvalue weighted by molar-refractivity contribution is 0.273. The first-order valence-corrected chi connectivity index (χ1v) is 9.23. The molecule has 0 saturated carbocycles. The Hall–Kier alpha value is -2.60. The Morgan fingerprint density at radius 1 is 1.19 bits per heavy atom. The third-order valence-corrected chi connectivity index (χ3v) is 5.13. The zero-order valence-corrected chi connectivity index (χ0v) is 15.7. The maximum absolute atomic E-state index is 5.69. The predicted octanol–water partition coefficient (Wildman–Crippen LogP) is 4.23. The van der Waals surface area contributed by atoms with E-state index in [2.05, 4.69) is 51.9 Å². The topological polar surface area (TPSA) is 46.2 Å². The molecule has 3 aromatic rings. The molecule has 0 radical (unpaired) electrons. The van der Waals surface area contributed by atoms with Crippen molar-refractivity contribution in [1.82, 2.24) is 19.8 Å². The zero-order chi connectivity index (χ0) is 18.1. The summed E-state index contributed by atoms with van der Waals surface area (Å²) in [5.41, 5.74) is 2.20. The molecule has 4 heterocycles. The van der Waals surface area contributed by atoms with Crippen molar-refractivity contribution >= 4 is 17.3 Å². The predicted molar refractivity (Wildman–Crippen MR) is 105 cm³/mol. The lowest BCUT2D eigenvalue weighted by Crippen LogP contribution is -2.30. The summed E-state index contributed by atoms with van der Waals surface area (Å²) in [5, 5.41) is 4.20. The van der Waals surface area contributed by atoms with Crippen LogP contribution in [0.5, 0.6) is 0 Å². The van der Waals surface area contributed by atoms with E-state index < -0.39 is 0 Å². The van der Waals surface area contributed by atoms with Crippen LogP contribution in [0.25, 0.3) is 0 Å². The van der Waals surface area contributed by atoms with Gasteiger partial charge in [-0.15, -0.1) is 0 Å². The molecule has 3 aromatic heterocycles. The second-order valence-corrected chi connectivity index (χ2v) is 7.15. The van der Waals surface area contributed by atoms with Crippen molar-refractivity contribution < 1.29 is 4.42 Å². The first-order chi connectivity index (χ1) is 12.6. The summed E-state index contributed by atoms with van der Waals surface area (Å²) >= 11 is 5.69. The summed E-state index contributed by atoms with van der Waals surface area (Å²) < 4.78 is 7.87. The highest BCUT2D eigenvalue weighted by molar-refractivity contribution is 7.80. The minimum atomic E-state index is -0.00828. The third kappa shape index (κ3) is 3.01. The summed E-state index contributed by atoms with van der Waals surface area (Å²) in [4.78, 5) is 6.78. The Kier molecular flexibility index (Phi) is 4.51. The number of furan rings is 1. The van der Waals surface area contributed by atoms with Crippen LogP contribution in [0.3, 0.4) is 0 Å². The second kappa shape index (κ2) is 6.96. The number of hydrogen-bond acceptors (Lipinski definition) is 3. The number of thiocarbonyl (C=S) groups is 1. The van der Waals surface area contributed by atoms with Crippen LogP contribution in [0, 0.1) is 0 Å². The summed E-state index contributed by atoms with van der Waals surface area (Å²) in [5.74, 6) is 0.892. The number of nitrogens with one attached hydrogen (secondary N) is 1. The van der Waals surface area contributed by atoms with Gasteiger partial charge in [0.15, 0.2) is 5.11 Å². The molecule has 1 saturated heterocycles. The largest absolute Gasteiger partial charge is 0.467 e. The Bertz CT molecular complexity index is 872. The highest BCUT2D eigenvalue weighted by Crippen LogP contribution is 2.40. The Morgan fingerprint density at radius 3 is 2.77 bits per heavy atom. The lowest BCUT2D eigenvalue weighted by atomic mass is 10.0. The van der Waals surface area contributed by atoms with Gasteiger partial charge in [0, 0.05) is 24.1 Å². The van der Waals surface area contributed by atoms with Crippen molar-refractivity contribution in [3.8, 4) is 0 Å². The summed E-state index contributed by atoms with van der Waals surface area (Å²) in [6.07, 6.45) is 5.65. The highest BCUT2D eigenvalue weighted by atomic mass is 32.1. The molecular formula is C20H22N4OS. The van der Waals surface area contributed by atoms with Gasteiger partial charge in [-0.1, -0.05) is 6.07 Å². The van der Waals surface area contributed by atoms with Crippen LogP contribution in [0.1, 0.15) is 49.1 Å². The molecule has 1 N–H and O–H groups in total. The van der Waals surface area contributed by atoms with Crippen LogP contribution >= 0.6 is 12.2 Å². The van der Waals surface area contributed by atoms with Crippen molar-refractivity contribution in [3.05, 3.63) is 78.3 Å². The van der Waals surface area contributed by atoms with Gasteiger partial charge in [-0.25, -0.2) is 0 Å². The smallest absolute Gasteiger partial charge is 0.170 e. The first-order valence-electron chi connectivity index (χ1n) is 8.82. The van der Waals surface area contributed by atoms with E-state index in [9.17, 15) is 0 Å². The van der Waals surface area contributed by atoms with Crippen LogP contribution in [-0.2, 0) is 6.54 Å². The fourth-order valence-electron chi connectivity index (χ4n) is 3.60. The maximum Gasteiger partial charge on any atom is 0.170 e. The molecule has 0 aliphatic carbocycles. The molecule has 1 aliphatic heterocycles. The second-order valence-electron chi connectivity index (χ2n) is 6.77. The van der Waals surface area contributed by atoms with Gasteiger partial charge in [-0.2, -0.15) is 0 Å². The van der Waals surface area contributed by atoms with Gasteiger partial charge in [0.1, 0.15) is 5.76 Å². The van der Waals surface area contributed by atoms with E-state index in [0.29, 0.717) is 12.6 Å². The number of rotatable bonds is 5. The van der Waals surface area contributed by atoms with Gasteiger partial charge < -0.3 is 19.2 Å². The van der Waals surface area contributed by atoms with Crippen LogP contribution in [-0.4, -0.2) is 19.6 Å². The molecule has 4 rings (SSSR count). The summed E-state index contributed by atoms with van der Waals surface area (Å²) in [6.45, 7) is 5.00. The molecular weight excluding hydrogens is 344 g/mol. The molecule has 26 heavy (non-hydrogen) atoms. The summed E-state index contributed by atoms with van der Waals surface area (Å²) in [6, 6.07) is 14.5. The Labute approximate surface area is 158 Å². The molecule has 134 valence electrons. The van der Waals surface area contributed by atoms with E-state index in [4.69, 9.17) is 16.6 Å². The van der Waals surface area contributed by atoms with Crippen molar-refractivity contribution in [2.45, 2.75) is 38.5 Å². The van der Waals surface area contributed by atoms with Gasteiger partial charge in [-0.05, 0) is 62.5 Å². The number of nitrogens with zero attached hydrogens (tertiary/aromatic N) is 3. The van der Waals surface area contributed by atoms with E-state index in [1.807, 2.05) is 36.5 Å². The fourth-order valence-corrected chi connectivity index (χ4v) is 3.90. The van der Waals surface area contributed by atoms with Gasteiger partial charge in [0.2, 0.25) is 0 Å². The molecule has 2 unspecified atom stereocenters. The first kappa shape index (κ1) is 16.8. The number of hydrogen-bond donors (Lipinski definition) is 1. The fraction of sp³-hybridized carbons (Fsp3) is 0.300. The maximum atomic E-state index is 5.69. The van der Waals surface area contributed by atoms with Gasteiger partial charge >= 0.3 is 0 Å². The third-order valence-electron chi connectivity index (χ3n) is 4.78. The average Bonchev–Trinajstić information content (AvgIpc) is 3.37. The lowest BCUT2D eigenvalue weighted by Gasteiger charge is -2.29. The molecule has 1 fully saturated rings. The Balaban J connectivity index is 1.77. The molecule has 1 aliphatic rings. The normalized spacial score (nSPS) is 20.0. The van der Waals surface area contributed by atoms with Crippen molar-refractivity contribution in [2.24, 2.45) is 0 Å². The summed E-state index contributed by atoms with van der Waals surface area (Å²) in [7, 11) is 0. The van der Waals surface area contributed by atoms with E-state index >= 15 is 0 Å². The van der Waals surface area contributed by atoms with E-state index in [1.165, 1.54) is 5.69 Å². The molecule has 0 amide bonds. The van der Waals surface area contributed by atoms with Gasteiger partial charge in [-0.3, -0.25) is 4.98 Å². The quantitative estimate of drug-likeness (QED) is 0.685. The SMILES string of the molecule is CC(C)n1cccc1C1C(c2ccccn2)NC(=S)N1Cc1ccco1. The van der Waals surface area contributed by atoms with E-state index in [1.54, 1.807) is 6.26 Å². The van der Waals surface area contributed by atoms with Gasteiger partial charge in [0.05, 0.1) is 30.6 Å². The van der Waals surface area contributed by atoms with Crippen LogP contribution < -0.4 is 5.32 Å². The van der Waals surface area contributed by atoms with Gasteiger partial charge in [0.25, 0.3) is 0 Å². The molecule has 5 nitrogen and oxygen atoms in total. The number of aromatic nitrogens is 2. The molecule has 0 spiro atoms. The van der Waals surface area contributed by atoms with E-state index in [0.717, 1.165) is 16.6 Å². The van der Waals surface area contributed by atoms with Crippen LogP contribution in [0.2, 0.25) is 0 Å². The standard InChI is InChI=1S/C20H22N4OS/c1-14(2)23-11-5-9-17(23)19-18(16-8-3-4-10-21-16)22-20(26)24(19)13-15-7-6-12-25-15/h3-12,14,18-19H,13H2,1-2H3,(H,22,26). The molecule has 6 heteroatoms. The molecule has 0 bridgehead atoms.